The number of nitrogens with zero attached hydrogens (tertiary/aromatic N) is 6. The zero-order valence-corrected chi connectivity index (χ0v) is 23.2. The van der Waals surface area contributed by atoms with Gasteiger partial charge in [-0.05, 0) is 12.8 Å². The van der Waals surface area contributed by atoms with Gasteiger partial charge in [0.25, 0.3) is 0 Å². The van der Waals surface area contributed by atoms with Crippen LogP contribution in [0, 0.1) is 5.41 Å². The van der Waals surface area contributed by atoms with Crippen molar-refractivity contribution in [2.24, 2.45) is 5.41 Å². The Kier molecular flexibility index (Phi) is 10.00. The van der Waals surface area contributed by atoms with Gasteiger partial charge in [0, 0.05) is 26.7 Å². The number of barbiturate groups is 1. The van der Waals surface area contributed by atoms with Gasteiger partial charge in [-0.2, -0.15) is 0 Å². The van der Waals surface area contributed by atoms with Crippen molar-refractivity contribution in [1.82, 2.24) is 28.4 Å². The molecule has 0 bridgehead atoms. The van der Waals surface area contributed by atoms with Crippen LogP contribution in [-0.4, -0.2) is 115 Å². The number of hydrogen-bond acceptors (Lipinski definition) is 10. The summed E-state index contributed by atoms with van der Waals surface area (Å²) in [7, 11) is 1.24. The van der Waals surface area contributed by atoms with Gasteiger partial charge < -0.3 is 14.9 Å². The monoisotopic (exact) mass is 566 g/mol. The number of urea groups is 1. The first kappa shape index (κ1) is 31.1. The first-order chi connectivity index (χ1) is 18.9. The first-order valence-corrected chi connectivity index (χ1v) is 13.3. The number of allylic oxidation sites excluding steroid dienone is 1. The van der Waals surface area contributed by atoms with Gasteiger partial charge in [-0.1, -0.05) is 19.9 Å². The quantitative estimate of drug-likeness (QED) is 0.206. The third kappa shape index (κ3) is 5.87. The van der Waals surface area contributed by atoms with Gasteiger partial charge in [-0.25, -0.2) is 32.9 Å². The van der Waals surface area contributed by atoms with Crippen LogP contribution in [0.4, 0.5) is 4.79 Å². The van der Waals surface area contributed by atoms with Crippen LogP contribution in [0.5, 0.6) is 0 Å². The Balaban J connectivity index is 1.90. The third-order valence-corrected chi connectivity index (χ3v) is 7.54. The van der Waals surface area contributed by atoms with Crippen molar-refractivity contribution < 1.29 is 29.3 Å². The lowest BCUT2D eigenvalue weighted by Crippen LogP contribution is -2.65. The van der Waals surface area contributed by atoms with Gasteiger partial charge in [0.1, 0.15) is 5.41 Å². The fourth-order valence-corrected chi connectivity index (χ4v) is 5.15. The molecule has 2 atom stereocenters. The molecule has 2 aliphatic heterocycles. The van der Waals surface area contributed by atoms with Gasteiger partial charge in [-0.3, -0.25) is 24.3 Å². The molecule has 0 aromatic carbocycles. The highest BCUT2D eigenvalue weighted by Gasteiger charge is 2.54. The van der Waals surface area contributed by atoms with Crippen molar-refractivity contribution in [3.63, 3.8) is 0 Å². The predicted molar refractivity (Wildman–Crippen MR) is 142 cm³/mol. The van der Waals surface area contributed by atoms with Crippen molar-refractivity contribution in [2.75, 3.05) is 46.4 Å². The molecule has 0 spiro atoms. The van der Waals surface area contributed by atoms with Gasteiger partial charge in [-0.15, -0.1) is 6.58 Å². The number of morpholine rings is 1. The van der Waals surface area contributed by atoms with E-state index in [9.17, 15) is 39.0 Å². The molecule has 2 unspecified atom stereocenters. The second-order valence-corrected chi connectivity index (χ2v) is 10.0. The van der Waals surface area contributed by atoms with Gasteiger partial charge in [0.15, 0.2) is 0 Å². The standard InChI is InChI=1S/C25H38N6O9/c1-5-8-28-22(37)30(15-17(32)13-27-9-11-40-12-10-27)24(39)31(23(28)38)16-18(33)14-29-20(35)25(6-2,7-3)19(34)26(4)21(29)36/h5,17-18,32-33H,1,6-16H2,2-4H3. The lowest BCUT2D eigenvalue weighted by Gasteiger charge is -2.42. The average Bonchev–Trinajstić information content (AvgIpc) is 2.94. The maximum Gasteiger partial charge on any atom is 0.336 e. The van der Waals surface area contributed by atoms with Crippen LogP contribution in [0.15, 0.2) is 27.0 Å². The molecule has 15 nitrogen and oxygen atoms in total. The lowest BCUT2D eigenvalue weighted by molar-refractivity contribution is -0.159. The number of ether oxygens (including phenoxy) is 1. The summed E-state index contributed by atoms with van der Waals surface area (Å²) >= 11 is 0. The Morgan fingerprint density at radius 2 is 1.32 bits per heavy atom. The molecule has 40 heavy (non-hydrogen) atoms. The Hall–Kier alpha value is -3.40. The van der Waals surface area contributed by atoms with Crippen molar-refractivity contribution in [3.8, 4) is 0 Å². The van der Waals surface area contributed by atoms with Crippen molar-refractivity contribution in [2.45, 2.75) is 58.5 Å². The molecule has 0 radical (unpaired) electrons. The Morgan fingerprint density at radius 1 is 0.825 bits per heavy atom. The van der Waals surface area contributed by atoms with E-state index in [0.717, 1.165) is 14.4 Å². The molecule has 2 aliphatic rings. The highest BCUT2D eigenvalue weighted by molar-refractivity contribution is 6.18. The van der Waals surface area contributed by atoms with E-state index in [1.165, 1.54) is 13.1 Å². The van der Waals surface area contributed by atoms with Crippen LogP contribution in [0.1, 0.15) is 26.7 Å². The molecule has 2 N–H and O–H groups in total. The summed E-state index contributed by atoms with van der Waals surface area (Å²) in [5.41, 5.74) is -4.50. The lowest BCUT2D eigenvalue weighted by atomic mass is 9.78. The molecule has 1 aromatic heterocycles. The Bertz CT molecular complexity index is 1310. The van der Waals surface area contributed by atoms with Crippen LogP contribution in [0.2, 0.25) is 0 Å². The van der Waals surface area contributed by atoms with E-state index in [4.69, 9.17) is 4.74 Å². The molecule has 3 rings (SSSR count). The van der Waals surface area contributed by atoms with Crippen molar-refractivity contribution >= 4 is 17.8 Å². The smallest absolute Gasteiger partial charge is 0.336 e. The van der Waals surface area contributed by atoms with Crippen LogP contribution < -0.4 is 17.1 Å². The SMILES string of the molecule is C=CCn1c(=O)n(CC(O)CN2CCOCC2)c(=O)n(CC(O)CN2C(=O)N(C)C(=O)C(CC)(CC)C2=O)c1=O. The number of aliphatic hydroxyl groups is 2. The second kappa shape index (κ2) is 12.8. The van der Waals surface area contributed by atoms with Crippen LogP contribution in [0.25, 0.3) is 0 Å². The molecule has 2 saturated heterocycles. The zero-order valence-electron chi connectivity index (χ0n) is 23.2. The van der Waals surface area contributed by atoms with Crippen molar-refractivity contribution in [1.29, 1.82) is 0 Å². The summed E-state index contributed by atoms with van der Waals surface area (Å²) in [5.74, 6) is -1.40. The topological polar surface area (TPSA) is 177 Å². The van der Waals surface area contributed by atoms with E-state index >= 15 is 0 Å². The molecule has 15 heteroatoms. The van der Waals surface area contributed by atoms with E-state index in [1.54, 1.807) is 13.8 Å². The highest BCUT2D eigenvalue weighted by Crippen LogP contribution is 2.35. The number of amides is 4. The van der Waals surface area contributed by atoms with E-state index < -0.39 is 72.2 Å². The van der Waals surface area contributed by atoms with Gasteiger partial charge in [0.05, 0.1) is 51.6 Å². The number of aliphatic hydroxyl groups excluding tert-OH is 2. The summed E-state index contributed by atoms with van der Waals surface area (Å²) in [4.78, 5) is 81.6. The summed E-state index contributed by atoms with van der Waals surface area (Å²) in [5, 5.41) is 21.5. The number of aromatic nitrogens is 3. The number of hydrogen-bond donors (Lipinski definition) is 2. The zero-order chi connectivity index (χ0) is 29.8. The Morgan fingerprint density at radius 3 is 1.82 bits per heavy atom. The normalized spacial score (nSPS) is 19.7. The molecule has 4 amide bonds. The number of carbonyl (C=O) groups excluding carboxylic acids is 3. The van der Waals surface area contributed by atoms with E-state index in [-0.39, 0.29) is 25.9 Å². The maximum atomic E-state index is 13.3. The predicted octanol–water partition coefficient (Wildman–Crippen LogP) is -2.36. The summed E-state index contributed by atoms with van der Waals surface area (Å²) in [6.07, 6.45) is -1.16. The molecule has 3 heterocycles. The summed E-state index contributed by atoms with van der Waals surface area (Å²) < 4.78 is 7.36. The van der Waals surface area contributed by atoms with Crippen LogP contribution in [-0.2, 0) is 34.0 Å². The van der Waals surface area contributed by atoms with E-state index in [1.807, 2.05) is 4.90 Å². The minimum atomic E-state index is -1.59. The fraction of sp³-hybridized carbons (Fsp3) is 0.680. The number of rotatable bonds is 12. The van der Waals surface area contributed by atoms with Crippen LogP contribution >= 0.6 is 0 Å². The highest BCUT2D eigenvalue weighted by atomic mass is 16.5. The molecule has 222 valence electrons. The second-order valence-electron chi connectivity index (χ2n) is 10.0. The van der Waals surface area contributed by atoms with E-state index in [2.05, 4.69) is 6.58 Å². The number of imide groups is 2. The van der Waals surface area contributed by atoms with Gasteiger partial charge in [0.2, 0.25) is 11.8 Å². The third-order valence-electron chi connectivity index (χ3n) is 7.54. The van der Waals surface area contributed by atoms with Crippen LogP contribution in [0.3, 0.4) is 0 Å². The molecule has 1 aromatic rings. The minimum Gasteiger partial charge on any atom is -0.390 e. The van der Waals surface area contributed by atoms with Crippen molar-refractivity contribution in [3.05, 3.63) is 44.1 Å². The summed E-state index contributed by atoms with van der Waals surface area (Å²) in [6, 6.07) is -0.931. The summed E-state index contributed by atoms with van der Waals surface area (Å²) in [6.45, 7) is 7.23. The van der Waals surface area contributed by atoms with E-state index in [0.29, 0.717) is 35.4 Å². The molecule has 0 saturated carbocycles. The molecular weight excluding hydrogens is 528 g/mol. The molecular formula is C25H38N6O9. The Labute approximate surface area is 230 Å². The first-order valence-electron chi connectivity index (χ1n) is 13.3. The fourth-order valence-electron chi connectivity index (χ4n) is 5.15. The molecule has 0 aliphatic carbocycles. The largest absolute Gasteiger partial charge is 0.390 e. The molecule has 2 fully saturated rings. The minimum absolute atomic E-state index is 0.134. The maximum absolute atomic E-state index is 13.3. The average molecular weight is 567 g/mol. The van der Waals surface area contributed by atoms with Gasteiger partial charge >= 0.3 is 23.1 Å². The number of β-amino-alcohol motifs (C(OH)–C–C–N with tert-alkyl or cyclic N) is 2. The number of carbonyl (C=O) groups is 3.